The third-order valence-electron chi connectivity index (χ3n) is 1.55. The maximum Gasteiger partial charge on any atom is 0.0553 e. The predicted octanol–water partition coefficient (Wildman–Crippen LogP) is 2.55. The summed E-state index contributed by atoms with van der Waals surface area (Å²) in [6, 6.07) is 0. The van der Waals surface area contributed by atoms with Gasteiger partial charge in [-0.3, -0.25) is 0 Å². The van der Waals surface area contributed by atoms with Crippen molar-refractivity contribution in [1.29, 1.82) is 0 Å². The van der Waals surface area contributed by atoms with Crippen molar-refractivity contribution in [2.24, 2.45) is 0 Å². The molecule has 0 saturated heterocycles. The molecule has 0 aliphatic carbocycles. The lowest BCUT2D eigenvalue weighted by atomic mass is 10.3. The van der Waals surface area contributed by atoms with E-state index in [4.69, 9.17) is 4.74 Å². The molecule has 10 heavy (non-hydrogen) atoms. The van der Waals surface area contributed by atoms with Gasteiger partial charge in [0.15, 0.2) is 0 Å². The zero-order valence-corrected chi connectivity index (χ0v) is 8.04. The first-order valence-electron chi connectivity index (χ1n) is 3.95. The minimum atomic E-state index is 0.843. The fourth-order valence-electron chi connectivity index (χ4n) is 0.822. The highest BCUT2D eigenvalue weighted by molar-refractivity contribution is 7.99. The van der Waals surface area contributed by atoms with Crippen LogP contribution in [0.4, 0.5) is 0 Å². The number of thioether (sulfide) groups is 1. The van der Waals surface area contributed by atoms with Crippen molar-refractivity contribution in [2.75, 3.05) is 19.5 Å². The van der Waals surface area contributed by atoms with Gasteiger partial charge in [0.05, 0.1) is 6.61 Å². The molecule has 0 aromatic carbocycles. The van der Waals surface area contributed by atoms with Crippen molar-refractivity contribution >= 4 is 11.8 Å². The van der Waals surface area contributed by atoms with Gasteiger partial charge >= 0.3 is 0 Å². The predicted molar refractivity (Wildman–Crippen MR) is 48.7 cm³/mol. The molecule has 0 fully saturated rings. The Morgan fingerprint density at radius 1 is 1.30 bits per heavy atom. The second kappa shape index (κ2) is 7.42. The minimum Gasteiger partial charge on any atom is -0.384 e. The Labute approximate surface area is 68.5 Å². The second-order valence-corrected chi connectivity index (χ2v) is 3.71. The maximum atomic E-state index is 4.96. The Morgan fingerprint density at radius 2 is 1.90 bits per heavy atom. The summed E-state index contributed by atoms with van der Waals surface area (Å²) in [5.74, 6) is 1.14. The lowest BCUT2D eigenvalue weighted by molar-refractivity contribution is 0.218. The molecule has 2 heteroatoms. The normalized spacial score (nSPS) is 10.8. The molecule has 0 spiro atoms. The summed E-state index contributed by atoms with van der Waals surface area (Å²) in [4.78, 5) is 0. The van der Waals surface area contributed by atoms with E-state index in [0.717, 1.165) is 17.6 Å². The monoisotopic (exact) mass is 162 g/mol. The molecule has 0 heterocycles. The molecule has 0 amide bonds. The Balaban J connectivity index is 3.09. The Kier molecular flexibility index (Phi) is 7.65. The smallest absolute Gasteiger partial charge is 0.0553 e. The van der Waals surface area contributed by atoms with Gasteiger partial charge in [-0.2, -0.15) is 11.8 Å². The molecular formula is C8H18OS. The Hall–Kier alpha value is 0.310. The SMILES string of the molecule is CCC(CC)SCCOC. The molecule has 0 radical (unpaired) electrons. The summed E-state index contributed by atoms with van der Waals surface area (Å²) < 4.78 is 4.96. The molecule has 1 nitrogen and oxygen atoms in total. The van der Waals surface area contributed by atoms with Crippen LogP contribution in [0.5, 0.6) is 0 Å². The van der Waals surface area contributed by atoms with E-state index in [1.165, 1.54) is 12.8 Å². The third kappa shape index (κ3) is 5.12. The number of rotatable bonds is 6. The second-order valence-electron chi connectivity index (χ2n) is 2.30. The van der Waals surface area contributed by atoms with E-state index >= 15 is 0 Å². The molecule has 0 aromatic rings. The minimum absolute atomic E-state index is 0.843. The topological polar surface area (TPSA) is 9.23 Å². The van der Waals surface area contributed by atoms with Crippen LogP contribution in [-0.2, 0) is 4.74 Å². The van der Waals surface area contributed by atoms with Gasteiger partial charge in [0.2, 0.25) is 0 Å². The first kappa shape index (κ1) is 10.3. The number of ether oxygens (including phenoxy) is 1. The van der Waals surface area contributed by atoms with Crippen molar-refractivity contribution in [3.05, 3.63) is 0 Å². The lowest BCUT2D eigenvalue weighted by Crippen LogP contribution is -2.02. The molecular weight excluding hydrogens is 144 g/mol. The highest BCUT2D eigenvalue weighted by Gasteiger charge is 2.01. The van der Waals surface area contributed by atoms with E-state index in [0.29, 0.717) is 0 Å². The number of methoxy groups -OCH3 is 1. The zero-order chi connectivity index (χ0) is 7.82. The van der Waals surface area contributed by atoms with E-state index in [9.17, 15) is 0 Å². The quantitative estimate of drug-likeness (QED) is 0.555. The first-order chi connectivity index (χ1) is 4.85. The third-order valence-corrected chi connectivity index (χ3v) is 3.09. The first-order valence-corrected chi connectivity index (χ1v) is 5.00. The van der Waals surface area contributed by atoms with Gasteiger partial charge in [-0.25, -0.2) is 0 Å². The van der Waals surface area contributed by atoms with Crippen molar-refractivity contribution in [3.8, 4) is 0 Å². The number of hydrogen-bond donors (Lipinski definition) is 0. The van der Waals surface area contributed by atoms with Crippen molar-refractivity contribution in [1.82, 2.24) is 0 Å². The van der Waals surface area contributed by atoms with Gasteiger partial charge in [0, 0.05) is 18.1 Å². The van der Waals surface area contributed by atoms with Crippen LogP contribution in [0.25, 0.3) is 0 Å². The Morgan fingerprint density at radius 3 is 2.30 bits per heavy atom. The van der Waals surface area contributed by atoms with Gasteiger partial charge in [0.25, 0.3) is 0 Å². The van der Waals surface area contributed by atoms with Gasteiger partial charge in [-0.05, 0) is 12.8 Å². The van der Waals surface area contributed by atoms with Crippen LogP contribution < -0.4 is 0 Å². The van der Waals surface area contributed by atoms with Crippen LogP contribution in [0.3, 0.4) is 0 Å². The summed E-state index contributed by atoms with van der Waals surface area (Å²) in [5, 5.41) is 0.843. The van der Waals surface area contributed by atoms with Gasteiger partial charge in [-0.15, -0.1) is 0 Å². The molecule has 0 bridgehead atoms. The molecule has 0 unspecified atom stereocenters. The summed E-state index contributed by atoms with van der Waals surface area (Å²) in [7, 11) is 1.76. The average molecular weight is 162 g/mol. The summed E-state index contributed by atoms with van der Waals surface area (Å²) >= 11 is 2.02. The summed E-state index contributed by atoms with van der Waals surface area (Å²) in [6.45, 7) is 5.38. The van der Waals surface area contributed by atoms with Crippen molar-refractivity contribution < 1.29 is 4.74 Å². The van der Waals surface area contributed by atoms with E-state index in [2.05, 4.69) is 13.8 Å². The van der Waals surface area contributed by atoms with Crippen LogP contribution in [0.15, 0.2) is 0 Å². The largest absolute Gasteiger partial charge is 0.384 e. The fourth-order valence-corrected chi connectivity index (χ4v) is 1.89. The van der Waals surface area contributed by atoms with E-state index in [-0.39, 0.29) is 0 Å². The highest BCUT2D eigenvalue weighted by atomic mass is 32.2. The van der Waals surface area contributed by atoms with E-state index in [1.807, 2.05) is 11.8 Å². The zero-order valence-electron chi connectivity index (χ0n) is 7.22. The van der Waals surface area contributed by atoms with Crippen LogP contribution in [0, 0.1) is 0 Å². The summed E-state index contributed by atoms with van der Waals surface area (Å²) in [6.07, 6.45) is 2.57. The molecule has 0 N–H and O–H groups in total. The molecule has 0 aromatic heterocycles. The molecule has 0 saturated carbocycles. The fraction of sp³-hybridized carbons (Fsp3) is 1.00. The highest BCUT2D eigenvalue weighted by Crippen LogP contribution is 2.16. The molecule has 0 rings (SSSR count). The van der Waals surface area contributed by atoms with Gasteiger partial charge in [0.1, 0.15) is 0 Å². The van der Waals surface area contributed by atoms with Crippen molar-refractivity contribution in [3.63, 3.8) is 0 Å². The van der Waals surface area contributed by atoms with E-state index < -0.39 is 0 Å². The molecule has 0 aliphatic heterocycles. The number of hydrogen-bond acceptors (Lipinski definition) is 2. The van der Waals surface area contributed by atoms with Crippen LogP contribution >= 0.6 is 11.8 Å². The molecule has 0 atom stereocenters. The van der Waals surface area contributed by atoms with Crippen molar-refractivity contribution in [2.45, 2.75) is 31.9 Å². The molecule has 62 valence electrons. The average Bonchev–Trinajstić information content (AvgIpc) is 1.99. The van der Waals surface area contributed by atoms with Gasteiger partial charge < -0.3 is 4.74 Å². The van der Waals surface area contributed by atoms with E-state index in [1.54, 1.807) is 7.11 Å². The maximum absolute atomic E-state index is 4.96. The standard InChI is InChI=1S/C8H18OS/c1-4-8(5-2)10-7-6-9-3/h8H,4-7H2,1-3H3. The van der Waals surface area contributed by atoms with Gasteiger partial charge in [-0.1, -0.05) is 13.8 Å². The van der Waals surface area contributed by atoms with Crippen LogP contribution in [-0.4, -0.2) is 24.7 Å². The lowest BCUT2D eigenvalue weighted by Gasteiger charge is -2.10. The van der Waals surface area contributed by atoms with Crippen LogP contribution in [0.2, 0.25) is 0 Å². The molecule has 0 aliphatic rings. The summed E-state index contributed by atoms with van der Waals surface area (Å²) in [5.41, 5.74) is 0. The van der Waals surface area contributed by atoms with Crippen LogP contribution in [0.1, 0.15) is 26.7 Å². The Bertz CT molecular complexity index is 62.3.